The first-order valence-electron chi connectivity index (χ1n) is 7.36. The molecule has 1 aromatic heterocycles. The van der Waals surface area contributed by atoms with Crippen LogP contribution >= 0.6 is 0 Å². The van der Waals surface area contributed by atoms with Crippen molar-refractivity contribution in [1.82, 2.24) is 0 Å². The highest BCUT2D eigenvalue weighted by atomic mass is 16.5. The van der Waals surface area contributed by atoms with Gasteiger partial charge >= 0.3 is 5.63 Å². The van der Waals surface area contributed by atoms with Gasteiger partial charge in [-0.3, -0.25) is 0 Å². The maximum Gasteiger partial charge on any atom is 0.336 e. The Morgan fingerprint density at radius 3 is 2.48 bits per heavy atom. The van der Waals surface area contributed by atoms with Crippen LogP contribution in [0.5, 0.6) is 5.75 Å². The molecule has 0 aliphatic carbocycles. The summed E-state index contributed by atoms with van der Waals surface area (Å²) in [5.41, 5.74) is 2.08. The molecule has 3 nitrogen and oxygen atoms in total. The van der Waals surface area contributed by atoms with Crippen molar-refractivity contribution in [2.75, 3.05) is 7.11 Å². The summed E-state index contributed by atoms with van der Waals surface area (Å²) in [5, 5.41) is 3.14. The van der Waals surface area contributed by atoms with Gasteiger partial charge in [0.05, 0.1) is 7.11 Å². The molecule has 112 valence electrons. The van der Waals surface area contributed by atoms with Crippen molar-refractivity contribution >= 4 is 21.7 Å². The molecular formula is C20H14O3. The first-order chi connectivity index (χ1) is 11.3. The van der Waals surface area contributed by atoms with Crippen LogP contribution in [0.25, 0.3) is 32.9 Å². The van der Waals surface area contributed by atoms with E-state index in [1.165, 1.54) is 0 Å². The molecule has 23 heavy (non-hydrogen) atoms. The summed E-state index contributed by atoms with van der Waals surface area (Å²) in [5.74, 6) is 0.783. The van der Waals surface area contributed by atoms with E-state index >= 15 is 0 Å². The van der Waals surface area contributed by atoms with Crippen LogP contribution in [0.1, 0.15) is 0 Å². The van der Waals surface area contributed by atoms with Crippen molar-refractivity contribution in [2.45, 2.75) is 0 Å². The Kier molecular flexibility index (Phi) is 3.12. The van der Waals surface area contributed by atoms with Crippen LogP contribution in [0.15, 0.2) is 75.9 Å². The minimum atomic E-state index is -0.349. The third-order valence-electron chi connectivity index (χ3n) is 4.03. The van der Waals surface area contributed by atoms with Gasteiger partial charge < -0.3 is 9.15 Å². The van der Waals surface area contributed by atoms with Crippen LogP contribution in [-0.2, 0) is 0 Å². The van der Waals surface area contributed by atoms with Gasteiger partial charge in [-0.15, -0.1) is 0 Å². The maximum absolute atomic E-state index is 11.9. The number of hydrogen-bond acceptors (Lipinski definition) is 3. The normalized spacial score (nSPS) is 11.0. The molecule has 0 bridgehead atoms. The van der Waals surface area contributed by atoms with Crippen LogP contribution < -0.4 is 10.4 Å². The molecule has 0 fully saturated rings. The van der Waals surface area contributed by atoms with Crippen molar-refractivity contribution in [3.8, 4) is 16.9 Å². The number of benzene rings is 3. The molecule has 4 aromatic rings. The second kappa shape index (κ2) is 5.29. The zero-order valence-corrected chi connectivity index (χ0v) is 12.6. The number of methoxy groups -OCH3 is 1. The summed E-state index contributed by atoms with van der Waals surface area (Å²) in [6.07, 6.45) is 0. The van der Waals surface area contributed by atoms with Crippen molar-refractivity contribution in [3.05, 3.63) is 77.2 Å². The second-order valence-electron chi connectivity index (χ2n) is 5.37. The first kappa shape index (κ1) is 13.6. The molecule has 0 spiro atoms. The van der Waals surface area contributed by atoms with E-state index in [1.54, 1.807) is 13.2 Å². The summed E-state index contributed by atoms with van der Waals surface area (Å²) in [7, 11) is 1.63. The lowest BCUT2D eigenvalue weighted by Gasteiger charge is -2.09. The second-order valence-corrected chi connectivity index (χ2v) is 5.37. The molecule has 0 amide bonds. The Hall–Kier alpha value is -3.07. The number of hydrogen-bond donors (Lipinski definition) is 0. The van der Waals surface area contributed by atoms with E-state index < -0.39 is 0 Å². The summed E-state index contributed by atoms with van der Waals surface area (Å²) in [6, 6.07) is 21.2. The first-order valence-corrected chi connectivity index (χ1v) is 7.36. The average Bonchev–Trinajstić information content (AvgIpc) is 2.60. The van der Waals surface area contributed by atoms with Crippen LogP contribution in [0, 0.1) is 0 Å². The van der Waals surface area contributed by atoms with E-state index in [4.69, 9.17) is 9.15 Å². The molecule has 0 unspecified atom stereocenters. The SMILES string of the molecule is COc1ccc(-c2cc(=O)oc3ccc4ccccc4c23)cc1. The topological polar surface area (TPSA) is 39.4 Å². The van der Waals surface area contributed by atoms with E-state index in [0.29, 0.717) is 5.58 Å². The van der Waals surface area contributed by atoms with Crippen molar-refractivity contribution < 1.29 is 9.15 Å². The quantitative estimate of drug-likeness (QED) is 0.400. The van der Waals surface area contributed by atoms with Crippen LogP contribution in [-0.4, -0.2) is 7.11 Å². The largest absolute Gasteiger partial charge is 0.497 e. The molecule has 4 rings (SSSR count). The lowest BCUT2D eigenvalue weighted by atomic mass is 9.97. The lowest BCUT2D eigenvalue weighted by molar-refractivity contribution is 0.415. The smallest absolute Gasteiger partial charge is 0.336 e. The van der Waals surface area contributed by atoms with E-state index in [0.717, 1.165) is 33.0 Å². The third kappa shape index (κ3) is 2.27. The molecule has 0 radical (unpaired) electrons. The lowest BCUT2D eigenvalue weighted by Crippen LogP contribution is -1.98. The predicted octanol–water partition coefficient (Wildman–Crippen LogP) is 4.62. The summed E-state index contributed by atoms with van der Waals surface area (Å²) in [6.45, 7) is 0. The molecule has 0 saturated heterocycles. The minimum Gasteiger partial charge on any atom is -0.497 e. The molecule has 3 heteroatoms. The van der Waals surface area contributed by atoms with Gasteiger partial charge in [-0.1, -0.05) is 42.5 Å². The zero-order chi connectivity index (χ0) is 15.8. The highest BCUT2D eigenvalue weighted by Gasteiger charge is 2.11. The van der Waals surface area contributed by atoms with Gasteiger partial charge in [-0.25, -0.2) is 4.79 Å². The molecule has 0 N–H and O–H groups in total. The van der Waals surface area contributed by atoms with Gasteiger partial charge in [0.15, 0.2) is 0 Å². The van der Waals surface area contributed by atoms with E-state index in [1.807, 2.05) is 54.6 Å². The fourth-order valence-corrected chi connectivity index (χ4v) is 2.94. The summed E-state index contributed by atoms with van der Waals surface area (Å²) in [4.78, 5) is 11.9. The van der Waals surface area contributed by atoms with Crippen LogP contribution in [0.3, 0.4) is 0 Å². The fraction of sp³-hybridized carbons (Fsp3) is 0.0500. The monoisotopic (exact) mass is 302 g/mol. The van der Waals surface area contributed by atoms with Gasteiger partial charge in [-0.2, -0.15) is 0 Å². The Balaban J connectivity index is 2.11. The van der Waals surface area contributed by atoms with Gasteiger partial charge in [0, 0.05) is 17.0 Å². The Labute approximate surface area is 132 Å². The molecule has 0 saturated carbocycles. The zero-order valence-electron chi connectivity index (χ0n) is 12.6. The highest BCUT2D eigenvalue weighted by molar-refractivity contribution is 6.12. The Morgan fingerprint density at radius 2 is 1.70 bits per heavy atom. The predicted molar refractivity (Wildman–Crippen MR) is 92.0 cm³/mol. The molecule has 0 atom stereocenters. The van der Waals surface area contributed by atoms with Gasteiger partial charge in [0.2, 0.25) is 0 Å². The minimum absolute atomic E-state index is 0.349. The number of fused-ring (bicyclic) bond motifs is 3. The highest BCUT2D eigenvalue weighted by Crippen LogP contribution is 2.33. The Morgan fingerprint density at radius 1 is 0.913 bits per heavy atom. The molecule has 1 heterocycles. The summed E-state index contributed by atoms with van der Waals surface area (Å²) < 4.78 is 10.6. The van der Waals surface area contributed by atoms with Gasteiger partial charge in [0.25, 0.3) is 0 Å². The van der Waals surface area contributed by atoms with E-state index in [9.17, 15) is 4.79 Å². The van der Waals surface area contributed by atoms with Crippen molar-refractivity contribution in [1.29, 1.82) is 0 Å². The van der Waals surface area contributed by atoms with Crippen LogP contribution in [0.2, 0.25) is 0 Å². The van der Waals surface area contributed by atoms with Crippen LogP contribution in [0.4, 0.5) is 0 Å². The number of rotatable bonds is 2. The fourth-order valence-electron chi connectivity index (χ4n) is 2.94. The summed E-state index contributed by atoms with van der Waals surface area (Å²) >= 11 is 0. The average molecular weight is 302 g/mol. The molecule has 0 aliphatic heterocycles. The maximum atomic E-state index is 11.9. The molecule has 0 aliphatic rings. The molecular weight excluding hydrogens is 288 g/mol. The van der Waals surface area contributed by atoms with Crippen molar-refractivity contribution in [2.24, 2.45) is 0 Å². The van der Waals surface area contributed by atoms with E-state index in [-0.39, 0.29) is 5.63 Å². The van der Waals surface area contributed by atoms with E-state index in [2.05, 4.69) is 6.07 Å². The molecule has 3 aromatic carbocycles. The third-order valence-corrected chi connectivity index (χ3v) is 4.03. The standard InChI is InChI=1S/C20H14O3/c1-22-15-9-6-14(7-10-15)17-12-19(21)23-18-11-8-13-4-2-3-5-16(13)20(17)18/h2-12H,1H3. The number of ether oxygens (including phenoxy) is 1. The van der Waals surface area contributed by atoms with Gasteiger partial charge in [0.1, 0.15) is 11.3 Å². The Bertz CT molecular complexity index is 1060. The van der Waals surface area contributed by atoms with Crippen molar-refractivity contribution in [3.63, 3.8) is 0 Å². The van der Waals surface area contributed by atoms with Gasteiger partial charge in [-0.05, 0) is 34.5 Å².